The predicted octanol–water partition coefficient (Wildman–Crippen LogP) is 4.53. The lowest BCUT2D eigenvalue weighted by atomic mass is 9.97. The quantitative estimate of drug-likeness (QED) is 0.187. The van der Waals surface area contributed by atoms with Gasteiger partial charge in [-0.1, -0.05) is 31.9 Å². The fourth-order valence-corrected chi connectivity index (χ4v) is 6.69. The van der Waals surface area contributed by atoms with E-state index in [2.05, 4.69) is 31.9 Å². The lowest BCUT2D eigenvalue weighted by Gasteiger charge is -2.47. The smallest absolute Gasteiger partial charge is 0.338 e. The lowest BCUT2D eigenvalue weighted by molar-refractivity contribution is -0.343. The molecule has 0 radical (unpaired) electrons. The van der Waals surface area contributed by atoms with E-state index in [4.69, 9.17) is 52.1 Å². The highest BCUT2D eigenvalue weighted by Gasteiger charge is 2.56. The zero-order valence-corrected chi connectivity index (χ0v) is 37.1. The number of hydrogen-bond donors (Lipinski definition) is 0. The number of hydrogen-bond acceptors (Lipinski definition) is 18. The Balaban J connectivity index is 1.76. The van der Waals surface area contributed by atoms with Crippen molar-refractivity contribution in [3.63, 3.8) is 0 Å². The summed E-state index contributed by atoms with van der Waals surface area (Å²) in [5.41, 5.74) is -0.691. The van der Waals surface area contributed by atoms with E-state index < -0.39 is 122 Å². The highest BCUT2D eigenvalue weighted by atomic mass is 79.9. The van der Waals surface area contributed by atoms with Crippen molar-refractivity contribution in [3.05, 3.63) is 68.6 Å². The number of carbonyl (C=O) groups excluding carboxylic acids is 7. The zero-order chi connectivity index (χ0) is 44.5. The lowest BCUT2D eigenvalue weighted by Crippen LogP contribution is -2.65. The first-order chi connectivity index (χ1) is 28.1. The molecule has 10 atom stereocenters. The molecule has 2 fully saturated rings. The number of halogens is 2. The van der Waals surface area contributed by atoms with Crippen LogP contribution in [0.2, 0.25) is 0 Å². The van der Waals surface area contributed by atoms with Gasteiger partial charge in [0.1, 0.15) is 18.8 Å². The Bertz CT molecular complexity index is 1860. The molecule has 2 aromatic carbocycles. The van der Waals surface area contributed by atoms with Gasteiger partial charge in [-0.05, 0) is 69.3 Å². The molecular formula is C40H46Br2O18. The molecule has 0 aromatic heterocycles. The van der Waals surface area contributed by atoms with E-state index in [1.54, 1.807) is 45.0 Å². The summed E-state index contributed by atoms with van der Waals surface area (Å²) in [6.07, 6.45) is -15.3. The number of esters is 7. The second-order valence-corrected chi connectivity index (χ2v) is 16.3. The summed E-state index contributed by atoms with van der Waals surface area (Å²) in [6, 6.07) is 12.3. The molecule has 20 heteroatoms. The summed E-state index contributed by atoms with van der Waals surface area (Å²) in [4.78, 5) is 89.2. The van der Waals surface area contributed by atoms with Gasteiger partial charge in [0.2, 0.25) is 0 Å². The Hall–Kier alpha value is -4.47. The summed E-state index contributed by atoms with van der Waals surface area (Å²) in [5.74, 6) is -5.94. The maximum absolute atomic E-state index is 13.6. The van der Waals surface area contributed by atoms with E-state index in [0.717, 1.165) is 34.6 Å². The Morgan fingerprint density at radius 3 is 1.32 bits per heavy atom. The molecule has 2 heterocycles. The zero-order valence-electron chi connectivity index (χ0n) is 33.9. The first-order valence-corrected chi connectivity index (χ1v) is 20.1. The van der Waals surface area contributed by atoms with Crippen LogP contribution in [-0.4, -0.2) is 122 Å². The van der Waals surface area contributed by atoms with Crippen LogP contribution in [0.5, 0.6) is 0 Å². The van der Waals surface area contributed by atoms with Gasteiger partial charge in [-0.25, -0.2) is 9.59 Å². The van der Waals surface area contributed by atoms with Gasteiger partial charge in [0, 0.05) is 43.6 Å². The average Bonchev–Trinajstić information content (AvgIpc) is 3.13. The summed E-state index contributed by atoms with van der Waals surface area (Å²) in [6.45, 7) is 9.24. The Kier molecular flexibility index (Phi) is 17.2. The molecule has 0 amide bonds. The van der Waals surface area contributed by atoms with Gasteiger partial charge in [0.15, 0.2) is 49.2 Å². The first kappa shape index (κ1) is 48.2. The molecule has 60 heavy (non-hydrogen) atoms. The number of carbonyl (C=O) groups is 7. The van der Waals surface area contributed by atoms with Gasteiger partial charge >= 0.3 is 41.8 Å². The van der Waals surface area contributed by atoms with Crippen LogP contribution in [0.1, 0.15) is 76.1 Å². The SMILES string of the molecule is CC(=O)O[C@@H]1[C@@H](OC(C)=O)[C@H](OC(C)(C)C)O[C@H](CO[C@@H]2O[C@H](COC(=O)c3ccc(Br)cc3)[C@@H](OC(=O)c3ccc(Br)cc3)[C@H](OC(C)=O)[C@H]2OC(C)=O)[C@H]1OC(C)=O. The monoisotopic (exact) mass is 972 g/mol. The number of ether oxygens (including phenoxy) is 11. The van der Waals surface area contributed by atoms with Crippen molar-refractivity contribution in [1.82, 2.24) is 0 Å². The number of rotatable bonds is 14. The molecule has 2 saturated heterocycles. The molecule has 2 aliphatic heterocycles. The minimum absolute atomic E-state index is 0.0835. The van der Waals surface area contributed by atoms with Gasteiger partial charge < -0.3 is 52.1 Å². The van der Waals surface area contributed by atoms with Crippen molar-refractivity contribution < 1.29 is 85.7 Å². The van der Waals surface area contributed by atoms with E-state index in [-0.39, 0.29) is 11.1 Å². The topological polar surface area (TPSA) is 221 Å². The van der Waals surface area contributed by atoms with E-state index >= 15 is 0 Å². The molecule has 328 valence electrons. The maximum atomic E-state index is 13.6. The van der Waals surface area contributed by atoms with Crippen molar-refractivity contribution >= 4 is 73.6 Å². The summed E-state index contributed by atoms with van der Waals surface area (Å²) in [7, 11) is 0. The standard InChI is InChI=1S/C40H46Br2O18/c1-19(43)52-30-29(58-39(60-40(6,7)8)35(56-23(5)47)32(30)53-20(2)44)18-51-38-34(55-22(4)46)33(54-21(3)45)31(59-37(49)25-11-15-27(42)16-12-25)28(57-38)17-50-36(48)24-9-13-26(41)14-10-24/h9-16,28-35,38-39H,17-18H2,1-8H3/t28-,29-,30-,31-,32+,33+,34-,35-,38-,39+/m1/s1. The van der Waals surface area contributed by atoms with Crippen molar-refractivity contribution in [1.29, 1.82) is 0 Å². The van der Waals surface area contributed by atoms with Gasteiger partial charge in [0.25, 0.3) is 0 Å². The van der Waals surface area contributed by atoms with Crippen LogP contribution in [0.4, 0.5) is 0 Å². The Morgan fingerprint density at radius 2 is 0.867 bits per heavy atom. The van der Waals surface area contributed by atoms with Crippen LogP contribution in [0.3, 0.4) is 0 Å². The van der Waals surface area contributed by atoms with Crippen LogP contribution in [0, 0.1) is 0 Å². The van der Waals surface area contributed by atoms with Gasteiger partial charge in [-0.3, -0.25) is 24.0 Å². The van der Waals surface area contributed by atoms with E-state index in [9.17, 15) is 33.6 Å². The van der Waals surface area contributed by atoms with Crippen molar-refractivity contribution in [2.75, 3.05) is 13.2 Å². The van der Waals surface area contributed by atoms with Gasteiger partial charge in [-0.2, -0.15) is 0 Å². The van der Waals surface area contributed by atoms with E-state index in [1.807, 2.05) is 0 Å². The van der Waals surface area contributed by atoms with E-state index in [0.29, 0.717) is 8.95 Å². The van der Waals surface area contributed by atoms with Gasteiger partial charge in [0.05, 0.1) is 23.3 Å². The molecule has 0 aliphatic carbocycles. The Labute approximate surface area is 362 Å². The van der Waals surface area contributed by atoms with Crippen LogP contribution >= 0.6 is 31.9 Å². The van der Waals surface area contributed by atoms with Gasteiger partial charge in [-0.15, -0.1) is 0 Å². The Morgan fingerprint density at radius 1 is 0.500 bits per heavy atom. The van der Waals surface area contributed by atoms with Crippen molar-refractivity contribution in [3.8, 4) is 0 Å². The minimum Gasteiger partial charge on any atom is -0.459 e. The molecular weight excluding hydrogens is 928 g/mol. The van der Waals surface area contributed by atoms with Crippen LogP contribution in [0.15, 0.2) is 57.5 Å². The molecule has 0 saturated carbocycles. The third-order valence-electron chi connectivity index (χ3n) is 8.37. The van der Waals surface area contributed by atoms with E-state index in [1.165, 1.54) is 24.3 Å². The molecule has 18 nitrogen and oxygen atoms in total. The highest BCUT2D eigenvalue weighted by molar-refractivity contribution is 9.10. The van der Waals surface area contributed by atoms with Crippen LogP contribution < -0.4 is 0 Å². The summed E-state index contributed by atoms with van der Waals surface area (Å²) >= 11 is 6.62. The van der Waals surface area contributed by atoms with Crippen molar-refractivity contribution in [2.45, 2.75) is 122 Å². The molecule has 0 spiro atoms. The molecule has 0 unspecified atom stereocenters. The fraction of sp³-hybridized carbons (Fsp3) is 0.525. The molecule has 2 aromatic rings. The van der Waals surface area contributed by atoms with Crippen molar-refractivity contribution in [2.24, 2.45) is 0 Å². The van der Waals surface area contributed by atoms with Crippen LogP contribution in [-0.2, 0) is 76.1 Å². The number of benzene rings is 2. The summed E-state index contributed by atoms with van der Waals surface area (Å²) in [5, 5.41) is 0. The average molecular weight is 975 g/mol. The third kappa shape index (κ3) is 14.1. The fourth-order valence-electron chi connectivity index (χ4n) is 6.16. The maximum Gasteiger partial charge on any atom is 0.338 e. The second-order valence-electron chi connectivity index (χ2n) is 14.5. The minimum atomic E-state index is -1.71. The largest absolute Gasteiger partial charge is 0.459 e. The second kappa shape index (κ2) is 21.4. The first-order valence-electron chi connectivity index (χ1n) is 18.5. The molecule has 0 N–H and O–H groups in total. The van der Waals surface area contributed by atoms with Crippen LogP contribution in [0.25, 0.3) is 0 Å². The predicted molar refractivity (Wildman–Crippen MR) is 210 cm³/mol. The third-order valence-corrected chi connectivity index (χ3v) is 9.43. The molecule has 4 rings (SSSR count). The normalized spacial score (nSPS) is 26.4. The highest BCUT2D eigenvalue weighted by Crippen LogP contribution is 2.35. The summed E-state index contributed by atoms with van der Waals surface area (Å²) < 4.78 is 65.5. The molecule has 2 aliphatic rings. The molecule has 0 bridgehead atoms.